The van der Waals surface area contributed by atoms with Crippen molar-refractivity contribution < 1.29 is 4.79 Å². The van der Waals surface area contributed by atoms with Crippen molar-refractivity contribution in [2.75, 3.05) is 19.6 Å². The van der Waals surface area contributed by atoms with E-state index in [0.29, 0.717) is 12.3 Å². The number of hydrogen-bond acceptors (Lipinski definition) is 3. The predicted molar refractivity (Wildman–Crippen MR) is 109 cm³/mol. The lowest BCUT2D eigenvalue weighted by Crippen LogP contribution is -2.40. The summed E-state index contributed by atoms with van der Waals surface area (Å²) in [5.41, 5.74) is 2.60. The van der Waals surface area contributed by atoms with Crippen LogP contribution in [0.3, 0.4) is 0 Å². The zero-order valence-corrected chi connectivity index (χ0v) is 16.6. The molecule has 0 radical (unpaired) electrons. The number of carbonyl (C=O) groups excluding carboxylic acids is 1. The highest BCUT2D eigenvalue weighted by Gasteiger charge is 2.20. The normalized spacial score (nSPS) is 18.0. The molecule has 2 heterocycles. The summed E-state index contributed by atoms with van der Waals surface area (Å²) < 4.78 is 0. The number of nitrogens with one attached hydrogen (secondary N) is 1. The van der Waals surface area contributed by atoms with Gasteiger partial charge in [0.1, 0.15) is 0 Å². The number of likely N-dealkylation sites (tertiary alicyclic amines) is 1. The lowest BCUT2D eigenvalue weighted by atomic mass is 9.98. The minimum atomic E-state index is 0.201. The molecule has 1 amide bonds. The highest BCUT2D eigenvalue weighted by molar-refractivity contribution is 7.09. The summed E-state index contributed by atoms with van der Waals surface area (Å²) in [6.07, 6.45) is 4.99. The first kappa shape index (κ1) is 19.1. The van der Waals surface area contributed by atoms with Gasteiger partial charge >= 0.3 is 0 Å². The lowest BCUT2D eigenvalue weighted by Gasteiger charge is -2.32. The summed E-state index contributed by atoms with van der Waals surface area (Å²) in [7, 11) is 0. The molecule has 1 unspecified atom stereocenters. The second kappa shape index (κ2) is 9.89. The SMILES string of the molecule is Cc1ccc(CCCC(=O)NCC2CCCN(Cc3cccs3)C2)cc1. The van der Waals surface area contributed by atoms with Crippen LogP contribution in [0.5, 0.6) is 0 Å². The third-order valence-electron chi connectivity index (χ3n) is 5.14. The molecule has 0 saturated carbocycles. The van der Waals surface area contributed by atoms with Gasteiger partial charge in [-0.25, -0.2) is 0 Å². The molecule has 1 aromatic heterocycles. The minimum absolute atomic E-state index is 0.201. The Hall–Kier alpha value is -1.65. The van der Waals surface area contributed by atoms with Gasteiger partial charge in [-0.3, -0.25) is 9.69 Å². The van der Waals surface area contributed by atoms with Crippen molar-refractivity contribution in [3.63, 3.8) is 0 Å². The van der Waals surface area contributed by atoms with E-state index in [1.54, 1.807) is 0 Å². The van der Waals surface area contributed by atoms with Gasteiger partial charge in [0.25, 0.3) is 0 Å². The molecule has 3 rings (SSSR count). The van der Waals surface area contributed by atoms with Crippen molar-refractivity contribution in [1.29, 1.82) is 0 Å². The number of aryl methyl sites for hydroxylation is 2. The maximum Gasteiger partial charge on any atom is 0.220 e. The Morgan fingerprint density at radius 1 is 1.27 bits per heavy atom. The van der Waals surface area contributed by atoms with Crippen LogP contribution in [0.25, 0.3) is 0 Å². The first-order chi connectivity index (χ1) is 12.7. The summed E-state index contributed by atoms with van der Waals surface area (Å²) in [6.45, 7) is 6.26. The number of carbonyl (C=O) groups is 1. The first-order valence-electron chi connectivity index (χ1n) is 9.76. The van der Waals surface area contributed by atoms with Crippen LogP contribution in [0.1, 0.15) is 41.7 Å². The molecule has 1 aromatic carbocycles. The third kappa shape index (κ3) is 6.26. The highest BCUT2D eigenvalue weighted by atomic mass is 32.1. The summed E-state index contributed by atoms with van der Waals surface area (Å²) in [6, 6.07) is 12.9. The maximum atomic E-state index is 12.1. The average Bonchev–Trinajstić information content (AvgIpc) is 3.15. The molecule has 26 heavy (non-hydrogen) atoms. The summed E-state index contributed by atoms with van der Waals surface area (Å²) in [4.78, 5) is 16.1. The molecule has 0 spiro atoms. The second-order valence-corrected chi connectivity index (χ2v) is 8.50. The summed E-state index contributed by atoms with van der Waals surface area (Å²) in [5.74, 6) is 0.789. The molecule has 1 saturated heterocycles. The monoisotopic (exact) mass is 370 g/mol. The van der Waals surface area contributed by atoms with Crippen molar-refractivity contribution >= 4 is 17.2 Å². The zero-order valence-electron chi connectivity index (χ0n) is 15.7. The maximum absolute atomic E-state index is 12.1. The molecule has 4 heteroatoms. The van der Waals surface area contributed by atoms with Crippen LogP contribution in [0.4, 0.5) is 0 Å². The Morgan fingerprint density at radius 3 is 2.88 bits per heavy atom. The van der Waals surface area contributed by atoms with Crippen LogP contribution in [0, 0.1) is 12.8 Å². The first-order valence-corrected chi connectivity index (χ1v) is 10.6. The van der Waals surface area contributed by atoms with Crippen molar-refractivity contribution in [1.82, 2.24) is 10.2 Å². The van der Waals surface area contributed by atoms with Crippen molar-refractivity contribution in [3.05, 3.63) is 57.8 Å². The van der Waals surface area contributed by atoms with Gasteiger partial charge in [-0.2, -0.15) is 0 Å². The number of benzene rings is 1. The van der Waals surface area contributed by atoms with Crippen LogP contribution in [0.15, 0.2) is 41.8 Å². The van der Waals surface area contributed by atoms with E-state index in [-0.39, 0.29) is 5.91 Å². The number of piperidine rings is 1. The van der Waals surface area contributed by atoms with Gasteiger partial charge in [0.15, 0.2) is 0 Å². The Labute approximate surface area is 161 Å². The smallest absolute Gasteiger partial charge is 0.220 e. The molecule has 1 N–H and O–H groups in total. The Bertz CT molecular complexity index is 666. The predicted octanol–water partition coefficient (Wildman–Crippen LogP) is 4.41. The van der Waals surface area contributed by atoms with E-state index in [0.717, 1.165) is 32.5 Å². The van der Waals surface area contributed by atoms with Gasteiger partial charge in [-0.1, -0.05) is 35.9 Å². The molecule has 1 fully saturated rings. The zero-order chi connectivity index (χ0) is 18.2. The van der Waals surface area contributed by atoms with Gasteiger partial charge < -0.3 is 5.32 Å². The van der Waals surface area contributed by atoms with Crippen LogP contribution < -0.4 is 5.32 Å². The fourth-order valence-electron chi connectivity index (χ4n) is 3.64. The van der Waals surface area contributed by atoms with Gasteiger partial charge in [0.2, 0.25) is 5.91 Å². The Balaban J connectivity index is 1.32. The second-order valence-electron chi connectivity index (χ2n) is 7.47. The topological polar surface area (TPSA) is 32.3 Å². The molecule has 0 aliphatic carbocycles. The van der Waals surface area contributed by atoms with Crippen LogP contribution in [-0.2, 0) is 17.8 Å². The molecule has 1 aliphatic heterocycles. The molecule has 140 valence electrons. The number of nitrogens with zero attached hydrogens (tertiary/aromatic N) is 1. The van der Waals surface area contributed by atoms with Crippen LogP contribution in [0.2, 0.25) is 0 Å². The highest BCUT2D eigenvalue weighted by Crippen LogP contribution is 2.20. The van der Waals surface area contributed by atoms with E-state index in [4.69, 9.17) is 0 Å². The lowest BCUT2D eigenvalue weighted by molar-refractivity contribution is -0.121. The van der Waals surface area contributed by atoms with E-state index >= 15 is 0 Å². The van der Waals surface area contributed by atoms with Gasteiger partial charge in [0, 0.05) is 30.9 Å². The van der Waals surface area contributed by atoms with E-state index in [1.165, 1.54) is 35.4 Å². The quantitative estimate of drug-likeness (QED) is 0.746. The van der Waals surface area contributed by atoms with Crippen molar-refractivity contribution in [2.24, 2.45) is 5.92 Å². The summed E-state index contributed by atoms with van der Waals surface area (Å²) >= 11 is 1.83. The minimum Gasteiger partial charge on any atom is -0.356 e. The van der Waals surface area contributed by atoms with E-state index in [9.17, 15) is 4.79 Å². The molecule has 1 aliphatic rings. The number of amides is 1. The van der Waals surface area contributed by atoms with Crippen LogP contribution in [-0.4, -0.2) is 30.4 Å². The third-order valence-corrected chi connectivity index (χ3v) is 6.00. The Morgan fingerprint density at radius 2 is 2.12 bits per heavy atom. The largest absolute Gasteiger partial charge is 0.356 e. The van der Waals surface area contributed by atoms with Gasteiger partial charge in [0.05, 0.1) is 0 Å². The molecule has 1 atom stereocenters. The van der Waals surface area contributed by atoms with E-state index in [1.807, 2.05) is 11.3 Å². The van der Waals surface area contributed by atoms with Gasteiger partial charge in [-0.05, 0) is 62.1 Å². The standard InChI is InChI=1S/C22H30N2OS/c1-18-9-11-19(12-10-18)5-2-8-22(25)23-15-20-6-3-13-24(16-20)17-21-7-4-14-26-21/h4,7,9-12,14,20H,2-3,5-6,8,13,15-17H2,1H3,(H,23,25). The van der Waals surface area contributed by atoms with E-state index < -0.39 is 0 Å². The van der Waals surface area contributed by atoms with Gasteiger partial charge in [-0.15, -0.1) is 11.3 Å². The molecule has 2 aromatic rings. The summed E-state index contributed by atoms with van der Waals surface area (Å²) in [5, 5.41) is 5.31. The fraction of sp³-hybridized carbons (Fsp3) is 0.500. The number of thiophene rings is 1. The van der Waals surface area contributed by atoms with E-state index in [2.05, 4.69) is 58.9 Å². The fourth-order valence-corrected chi connectivity index (χ4v) is 4.38. The molecule has 3 nitrogen and oxygen atoms in total. The van der Waals surface area contributed by atoms with Crippen molar-refractivity contribution in [3.8, 4) is 0 Å². The number of rotatable bonds is 8. The number of hydrogen-bond donors (Lipinski definition) is 1. The molecular formula is C22H30N2OS. The molecule has 0 bridgehead atoms. The van der Waals surface area contributed by atoms with Crippen LogP contribution >= 0.6 is 11.3 Å². The molecular weight excluding hydrogens is 340 g/mol. The average molecular weight is 371 g/mol. The Kier molecular flexibility index (Phi) is 7.27. The van der Waals surface area contributed by atoms with Crippen molar-refractivity contribution in [2.45, 2.75) is 45.6 Å².